The maximum Gasteiger partial charge on any atom is 0.315 e. The summed E-state index contributed by atoms with van der Waals surface area (Å²) in [4.78, 5) is 11.3. The van der Waals surface area contributed by atoms with Gasteiger partial charge in [0.15, 0.2) is 0 Å². The Kier molecular flexibility index (Phi) is 8.23. The van der Waals surface area contributed by atoms with E-state index in [1.807, 2.05) is 13.0 Å². The first-order valence-electron chi connectivity index (χ1n) is 7.19. The highest BCUT2D eigenvalue weighted by Crippen LogP contribution is 2.24. The second-order valence-electron chi connectivity index (χ2n) is 4.98. The molecular weight excluding hydrogens is 286 g/mol. The quantitative estimate of drug-likeness (QED) is 0.710. The number of rotatable bonds is 9. The molecule has 0 atom stereocenters. The molecule has 0 aliphatic carbocycles. The Morgan fingerprint density at radius 3 is 2.76 bits per heavy atom. The summed E-state index contributed by atoms with van der Waals surface area (Å²) in [6.07, 6.45) is 0. The topological polar surface area (TPSA) is 47.6 Å². The molecule has 4 nitrogen and oxygen atoms in total. The van der Waals surface area contributed by atoms with Gasteiger partial charge < -0.3 is 14.8 Å². The van der Waals surface area contributed by atoms with Gasteiger partial charge in [0.25, 0.3) is 0 Å². The summed E-state index contributed by atoms with van der Waals surface area (Å²) in [6, 6.07) is 6.63. The summed E-state index contributed by atoms with van der Waals surface area (Å²) < 4.78 is 10.3. The number of ether oxygens (including phenoxy) is 2. The van der Waals surface area contributed by atoms with Crippen molar-refractivity contribution < 1.29 is 14.3 Å². The maximum absolute atomic E-state index is 11.3. The third-order valence-electron chi connectivity index (χ3n) is 2.84. The van der Waals surface area contributed by atoms with Crippen LogP contribution >= 0.6 is 11.8 Å². The Morgan fingerprint density at radius 1 is 1.38 bits per heavy atom. The van der Waals surface area contributed by atoms with Gasteiger partial charge in [-0.15, -0.1) is 11.8 Å². The Bertz CT molecular complexity index is 449. The van der Waals surface area contributed by atoms with Gasteiger partial charge in [-0.2, -0.15) is 0 Å². The number of carbonyl (C=O) groups is 1. The smallest absolute Gasteiger partial charge is 0.315 e. The minimum Gasteiger partial charge on any atom is -0.496 e. The summed E-state index contributed by atoms with van der Waals surface area (Å²) in [5, 5.41) is 3.40. The second-order valence-corrected chi connectivity index (χ2v) is 5.97. The number of methoxy groups -OCH3 is 1. The predicted molar refractivity (Wildman–Crippen MR) is 87.8 cm³/mol. The molecule has 5 heteroatoms. The molecule has 21 heavy (non-hydrogen) atoms. The highest BCUT2D eigenvalue weighted by molar-refractivity contribution is 7.99. The average molecular weight is 311 g/mol. The van der Waals surface area contributed by atoms with E-state index in [1.54, 1.807) is 18.9 Å². The van der Waals surface area contributed by atoms with E-state index < -0.39 is 0 Å². The van der Waals surface area contributed by atoms with Crippen molar-refractivity contribution in [2.75, 3.05) is 19.5 Å². The van der Waals surface area contributed by atoms with Gasteiger partial charge in [-0.1, -0.05) is 19.9 Å². The molecule has 0 bridgehead atoms. The van der Waals surface area contributed by atoms with Crippen molar-refractivity contribution in [3.8, 4) is 5.75 Å². The van der Waals surface area contributed by atoms with Crippen LogP contribution in [0.15, 0.2) is 18.2 Å². The molecule has 0 fully saturated rings. The fourth-order valence-corrected chi connectivity index (χ4v) is 2.62. The molecule has 0 amide bonds. The summed E-state index contributed by atoms with van der Waals surface area (Å²) in [5.41, 5.74) is 2.33. The fourth-order valence-electron chi connectivity index (χ4n) is 1.82. The molecule has 0 aliphatic rings. The van der Waals surface area contributed by atoms with Crippen LogP contribution in [0.5, 0.6) is 5.75 Å². The van der Waals surface area contributed by atoms with Crippen molar-refractivity contribution in [1.82, 2.24) is 5.32 Å². The van der Waals surface area contributed by atoms with Crippen molar-refractivity contribution >= 4 is 17.7 Å². The molecule has 0 saturated heterocycles. The number of thioether (sulfide) groups is 1. The fraction of sp³-hybridized carbons (Fsp3) is 0.562. The molecule has 0 heterocycles. The summed E-state index contributed by atoms with van der Waals surface area (Å²) in [6.45, 7) is 7.33. The zero-order valence-corrected chi connectivity index (χ0v) is 14.1. The van der Waals surface area contributed by atoms with Gasteiger partial charge in [-0.05, 0) is 24.6 Å². The number of carbonyl (C=O) groups excluding carboxylic acids is 1. The van der Waals surface area contributed by atoms with Gasteiger partial charge >= 0.3 is 5.97 Å². The number of hydrogen-bond acceptors (Lipinski definition) is 5. The molecule has 0 radical (unpaired) electrons. The largest absolute Gasteiger partial charge is 0.496 e. The van der Waals surface area contributed by atoms with Crippen LogP contribution in [0.4, 0.5) is 0 Å². The van der Waals surface area contributed by atoms with Crippen LogP contribution < -0.4 is 10.1 Å². The summed E-state index contributed by atoms with van der Waals surface area (Å²) in [5.74, 6) is 1.79. The highest BCUT2D eigenvalue weighted by Gasteiger charge is 2.08. The molecule has 0 aliphatic heterocycles. The zero-order valence-electron chi connectivity index (χ0n) is 13.3. The zero-order chi connectivity index (χ0) is 15.7. The minimum absolute atomic E-state index is 0.168. The van der Waals surface area contributed by atoms with E-state index in [4.69, 9.17) is 9.47 Å². The predicted octanol–water partition coefficient (Wildman–Crippen LogP) is 2.99. The van der Waals surface area contributed by atoms with Gasteiger partial charge in [0.2, 0.25) is 0 Å². The third-order valence-corrected chi connectivity index (χ3v) is 3.80. The van der Waals surface area contributed by atoms with Crippen molar-refractivity contribution in [2.45, 2.75) is 39.1 Å². The lowest BCUT2D eigenvalue weighted by Gasteiger charge is -2.12. The molecular formula is C16H25NO3S. The van der Waals surface area contributed by atoms with Gasteiger partial charge in [0.1, 0.15) is 5.75 Å². The lowest BCUT2D eigenvalue weighted by molar-refractivity contribution is -0.139. The number of hydrogen-bond donors (Lipinski definition) is 1. The van der Waals surface area contributed by atoms with Crippen molar-refractivity contribution in [3.63, 3.8) is 0 Å². The van der Waals surface area contributed by atoms with Crippen molar-refractivity contribution in [2.24, 2.45) is 0 Å². The molecule has 0 saturated carbocycles. The molecule has 1 aromatic rings. The van der Waals surface area contributed by atoms with Crippen molar-refractivity contribution in [1.29, 1.82) is 0 Å². The van der Waals surface area contributed by atoms with E-state index in [-0.39, 0.29) is 5.97 Å². The number of benzene rings is 1. The molecule has 1 rings (SSSR count). The van der Waals surface area contributed by atoms with Crippen molar-refractivity contribution in [3.05, 3.63) is 29.3 Å². The first-order valence-corrected chi connectivity index (χ1v) is 8.34. The van der Waals surface area contributed by atoms with E-state index >= 15 is 0 Å². The Hall–Kier alpha value is -1.20. The first-order chi connectivity index (χ1) is 10.1. The van der Waals surface area contributed by atoms with Crippen LogP contribution in [0.3, 0.4) is 0 Å². The second kappa shape index (κ2) is 9.68. The normalized spacial score (nSPS) is 10.7. The monoisotopic (exact) mass is 311 g/mol. The van der Waals surface area contributed by atoms with Crippen LogP contribution in [-0.2, 0) is 21.8 Å². The van der Waals surface area contributed by atoms with Gasteiger partial charge in [0.05, 0.1) is 19.5 Å². The first kappa shape index (κ1) is 17.9. The van der Waals surface area contributed by atoms with E-state index in [2.05, 4.69) is 31.3 Å². The van der Waals surface area contributed by atoms with Crippen LogP contribution in [0.25, 0.3) is 0 Å². The van der Waals surface area contributed by atoms with Gasteiger partial charge in [0, 0.05) is 23.9 Å². The number of nitrogens with one attached hydrogen (secondary N) is 1. The van der Waals surface area contributed by atoms with E-state index in [9.17, 15) is 4.79 Å². The Morgan fingerprint density at radius 2 is 2.14 bits per heavy atom. The minimum atomic E-state index is -0.168. The van der Waals surface area contributed by atoms with Gasteiger partial charge in [-0.3, -0.25) is 4.79 Å². The summed E-state index contributed by atoms with van der Waals surface area (Å²) in [7, 11) is 1.67. The molecule has 0 spiro atoms. The number of esters is 1. The Balaban J connectivity index is 2.60. The van der Waals surface area contributed by atoms with E-state index in [1.165, 1.54) is 5.56 Å². The third kappa shape index (κ3) is 6.87. The van der Waals surface area contributed by atoms with Crippen LogP contribution in [0, 0.1) is 0 Å². The maximum atomic E-state index is 11.3. The SMILES string of the molecule is CCOC(=O)CSCc1cc(CNC(C)C)ccc1OC. The lowest BCUT2D eigenvalue weighted by Crippen LogP contribution is -2.21. The molecule has 1 N–H and O–H groups in total. The molecule has 1 aromatic carbocycles. The van der Waals surface area contributed by atoms with Crippen LogP contribution in [-0.4, -0.2) is 31.5 Å². The van der Waals surface area contributed by atoms with E-state index in [0.717, 1.165) is 23.6 Å². The average Bonchev–Trinajstić information content (AvgIpc) is 2.45. The van der Waals surface area contributed by atoms with Crippen LogP contribution in [0.1, 0.15) is 31.9 Å². The summed E-state index contributed by atoms with van der Waals surface area (Å²) >= 11 is 1.54. The molecule has 0 aromatic heterocycles. The van der Waals surface area contributed by atoms with E-state index in [0.29, 0.717) is 18.4 Å². The standard InChI is InChI=1S/C16H25NO3S/c1-5-20-16(18)11-21-10-14-8-13(9-17-12(2)3)6-7-15(14)19-4/h6-8,12,17H,5,9-11H2,1-4H3. The lowest BCUT2D eigenvalue weighted by atomic mass is 10.1. The van der Waals surface area contributed by atoms with Gasteiger partial charge in [-0.25, -0.2) is 0 Å². The molecule has 118 valence electrons. The molecule has 0 unspecified atom stereocenters. The highest BCUT2D eigenvalue weighted by atomic mass is 32.2. The van der Waals surface area contributed by atoms with Crippen LogP contribution in [0.2, 0.25) is 0 Å². The Labute approximate surface area is 131 Å².